The molecule has 206 valence electrons. The zero-order valence-electron chi connectivity index (χ0n) is 22.6. The van der Waals surface area contributed by atoms with Crippen molar-refractivity contribution in [3.8, 4) is 11.5 Å². The normalized spacial score (nSPS) is 12.0. The van der Waals surface area contributed by atoms with Crippen molar-refractivity contribution in [2.24, 2.45) is 5.10 Å². The molecule has 40 heavy (non-hydrogen) atoms. The fourth-order valence-corrected chi connectivity index (χ4v) is 4.59. The highest BCUT2D eigenvalue weighted by Gasteiger charge is 2.17. The van der Waals surface area contributed by atoms with Crippen LogP contribution in [0.2, 0.25) is 0 Å². The Bertz CT molecular complexity index is 1660. The minimum absolute atomic E-state index is 0.0131. The maximum absolute atomic E-state index is 13.5. The number of allylic oxidation sites excluding steroid dienone is 1. The van der Waals surface area contributed by atoms with Gasteiger partial charge in [0.2, 0.25) is 0 Å². The van der Waals surface area contributed by atoms with Gasteiger partial charge < -0.3 is 14.6 Å². The third-order valence-electron chi connectivity index (χ3n) is 6.50. The molecule has 0 saturated heterocycles. The summed E-state index contributed by atoms with van der Waals surface area (Å²) >= 11 is 3.44. The van der Waals surface area contributed by atoms with Crippen molar-refractivity contribution < 1.29 is 19.4 Å². The lowest BCUT2D eigenvalue weighted by molar-refractivity contribution is 0.0696. The van der Waals surface area contributed by atoms with Gasteiger partial charge in [-0.1, -0.05) is 48.0 Å². The number of carboxylic acids is 1. The molecule has 1 N–H and O–H groups in total. The van der Waals surface area contributed by atoms with Gasteiger partial charge >= 0.3 is 5.97 Å². The van der Waals surface area contributed by atoms with Crippen molar-refractivity contribution in [3.63, 3.8) is 0 Å². The third kappa shape index (κ3) is 6.31. The number of carboxylic acid groups (broad SMARTS) is 1. The Morgan fingerprint density at radius 3 is 2.73 bits per heavy atom. The summed E-state index contributed by atoms with van der Waals surface area (Å²) in [6, 6.07) is 15.7. The van der Waals surface area contributed by atoms with E-state index in [0.29, 0.717) is 45.8 Å². The van der Waals surface area contributed by atoms with Gasteiger partial charge in [0.15, 0.2) is 11.5 Å². The van der Waals surface area contributed by atoms with E-state index in [0.717, 1.165) is 16.5 Å². The number of hydrogen-bond donors (Lipinski definition) is 1. The Morgan fingerprint density at radius 1 is 1.23 bits per heavy atom. The molecule has 0 radical (unpaired) electrons. The number of rotatable bonds is 11. The van der Waals surface area contributed by atoms with E-state index < -0.39 is 5.97 Å². The number of fused-ring (bicyclic) bond motifs is 1. The van der Waals surface area contributed by atoms with E-state index in [4.69, 9.17) is 14.5 Å². The van der Waals surface area contributed by atoms with Gasteiger partial charge in [-0.3, -0.25) is 4.79 Å². The first-order valence-electron chi connectivity index (χ1n) is 12.8. The van der Waals surface area contributed by atoms with Crippen molar-refractivity contribution in [1.29, 1.82) is 0 Å². The molecule has 0 saturated carbocycles. The van der Waals surface area contributed by atoms with Crippen LogP contribution in [0.4, 0.5) is 0 Å². The van der Waals surface area contributed by atoms with E-state index in [1.165, 1.54) is 10.7 Å². The monoisotopic (exact) mass is 603 g/mol. The summed E-state index contributed by atoms with van der Waals surface area (Å²) in [7, 11) is 1.54. The predicted molar refractivity (Wildman–Crippen MR) is 160 cm³/mol. The van der Waals surface area contributed by atoms with Crippen LogP contribution >= 0.6 is 15.9 Å². The molecule has 1 aromatic heterocycles. The van der Waals surface area contributed by atoms with E-state index >= 15 is 0 Å². The first-order valence-corrected chi connectivity index (χ1v) is 13.6. The quantitative estimate of drug-likeness (QED) is 0.154. The summed E-state index contributed by atoms with van der Waals surface area (Å²) < 4.78 is 13.9. The van der Waals surface area contributed by atoms with Crippen LogP contribution < -0.4 is 15.0 Å². The molecule has 1 atom stereocenters. The second-order valence-electron chi connectivity index (χ2n) is 9.30. The lowest BCUT2D eigenvalue weighted by Gasteiger charge is -2.16. The van der Waals surface area contributed by atoms with Crippen molar-refractivity contribution in [3.05, 3.63) is 110 Å². The molecule has 0 spiro atoms. The number of methoxy groups -OCH3 is 1. The average molecular weight is 605 g/mol. The molecule has 8 nitrogen and oxygen atoms in total. The molecule has 1 heterocycles. The lowest BCUT2D eigenvalue weighted by Crippen LogP contribution is -2.23. The molecule has 0 aliphatic carbocycles. The highest BCUT2D eigenvalue weighted by molar-refractivity contribution is 9.10. The molecule has 0 unspecified atom stereocenters. The van der Waals surface area contributed by atoms with Gasteiger partial charge in [0.05, 0.1) is 29.8 Å². The second-order valence-corrected chi connectivity index (χ2v) is 10.2. The minimum atomic E-state index is -1.000. The van der Waals surface area contributed by atoms with Crippen molar-refractivity contribution in [2.45, 2.75) is 39.2 Å². The number of ether oxygens (including phenoxy) is 2. The minimum Gasteiger partial charge on any atom is -0.493 e. The lowest BCUT2D eigenvalue weighted by atomic mass is 10.1. The maximum atomic E-state index is 13.5. The van der Waals surface area contributed by atoms with Crippen LogP contribution in [0, 0.1) is 0 Å². The molecule has 3 aromatic carbocycles. The van der Waals surface area contributed by atoms with Gasteiger partial charge in [0.1, 0.15) is 12.4 Å². The zero-order chi connectivity index (χ0) is 28.8. The highest BCUT2D eigenvalue weighted by Crippen LogP contribution is 2.34. The van der Waals surface area contributed by atoms with Crippen LogP contribution in [0.15, 0.2) is 81.6 Å². The number of nitrogens with zero attached hydrogens (tertiary/aromatic N) is 3. The molecule has 9 heteroatoms. The van der Waals surface area contributed by atoms with E-state index in [1.54, 1.807) is 49.7 Å². The van der Waals surface area contributed by atoms with Gasteiger partial charge in [-0.25, -0.2) is 9.78 Å². The molecule has 4 rings (SSSR count). The van der Waals surface area contributed by atoms with Crippen LogP contribution in [-0.4, -0.2) is 34.1 Å². The fourth-order valence-electron chi connectivity index (χ4n) is 4.23. The molecule has 0 fully saturated rings. The van der Waals surface area contributed by atoms with Crippen LogP contribution in [-0.2, 0) is 13.0 Å². The maximum Gasteiger partial charge on any atom is 0.335 e. The van der Waals surface area contributed by atoms with Crippen molar-refractivity contribution >= 4 is 39.0 Å². The zero-order valence-corrected chi connectivity index (χ0v) is 24.1. The standard InChI is InChI=1S/C31H30BrN3O5/c1-5-8-22-14-21(15-27(39-4)28(22)40-18-20-9-7-10-23(13-20)31(37)38)17-33-35-29(19(3)6-2)34-26-12-11-24(32)16-25(26)30(35)36/h5,7,9-17,19H,1,6,8,18H2,2-4H3,(H,37,38)/t19-/m1/s1. The molecule has 4 aromatic rings. The van der Waals surface area contributed by atoms with E-state index in [9.17, 15) is 14.7 Å². The van der Waals surface area contributed by atoms with Gasteiger partial charge in [0, 0.05) is 16.0 Å². The number of aromatic nitrogens is 2. The Morgan fingerprint density at radius 2 is 2.02 bits per heavy atom. The summed E-state index contributed by atoms with van der Waals surface area (Å²) in [5, 5.41) is 14.3. The first kappa shape index (κ1) is 28.8. The van der Waals surface area contributed by atoms with Crippen LogP contribution in [0.25, 0.3) is 10.9 Å². The van der Waals surface area contributed by atoms with E-state index in [-0.39, 0.29) is 23.6 Å². The Hall–Kier alpha value is -4.24. The SMILES string of the molecule is C=CCc1cc(C=Nn2c([C@H](C)CC)nc3ccc(Br)cc3c2=O)cc(OC)c1OCc1cccc(C(=O)O)c1. The van der Waals surface area contributed by atoms with Crippen LogP contribution in [0.5, 0.6) is 11.5 Å². The summed E-state index contributed by atoms with van der Waals surface area (Å²) in [6.45, 7) is 8.07. The fraction of sp³-hybridized carbons (Fsp3) is 0.226. The smallest absolute Gasteiger partial charge is 0.335 e. The van der Waals surface area contributed by atoms with E-state index in [2.05, 4.69) is 27.6 Å². The Kier molecular flexibility index (Phi) is 9.16. The molecule has 0 aliphatic heterocycles. The molecule has 0 aliphatic rings. The van der Waals surface area contributed by atoms with Crippen molar-refractivity contribution in [1.82, 2.24) is 9.66 Å². The van der Waals surface area contributed by atoms with Gasteiger partial charge in [0.25, 0.3) is 5.56 Å². The highest BCUT2D eigenvalue weighted by atomic mass is 79.9. The second kappa shape index (κ2) is 12.7. The average Bonchev–Trinajstić information content (AvgIpc) is 2.95. The first-order chi connectivity index (χ1) is 19.2. The summed E-state index contributed by atoms with van der Waals surface area (Å²) in [6.07, 6.45) is 4.65. The summed E-state index contributed by atoms with van der Waals surface area (Å²) in [5.74, 6) is 0.597. The van der Waals surface area contributed by atoms with Gasteiger partial charge in [-0.2, -0.15) is 9.78 Å². The number of benzene rings is 3. The largest absolute Gasteiger partial charge is 0.493 e. The number of aromatic carboxylic acids is 1. The van der Waals surface area contributed by atoms with Gasteiger partial charge in [-0.05, 0) is 66.4 Å². The predicted octanol–water partition coefficient (Wildman–Crippen LogP) is 6.57. The number of hydrogen-bond acceptors (Lipinski definition) is 6. The van der Waals surface area contributed by atoms with Crippen LogP contribution in [0.3, 0.4) is 0 Å². The topological polar surface area (TPSA) is 103 Å². The van der Waals surface area contributed by atoms with Crippen LogP contribution in [0.1, 0.15) is 59.1 Å². The third-order valence-corrected chi connectivity index (χ3v) is 7.00. The molecular weight excluding hydrogens is 574 g/mol. The Balaban J connectivity index is 1.73. The Labute approximate surface area is 240 Å². The number of carbonyl (C=O) groups is 1. The van der Waals surface area contributed by atoms with E-state index in [1.807, 2.05) is 32.0 Å². The molecule has 0 amide bonds. The molecule has 0 bridgehead atoms. The van der Waals surface area contributed by atoms with Crippen molar-refractivity contribution in [2.75, 3.05) is 7.11 Å². The summed E-state index contributed by atoms with van der Waals surface area (Å²) in [5.41, 5.74) is 2.78. The van der Waals surface area contributed by atoms with Gasteiger partial charge in [-0.15, -0.1) is 6.58 Å². The molecular formula is C31H30BrN3O5. The summed E-state index contributed by atoms with van der Waals surface area (Å²) in [4.78, 5) is 29.6. The number of halogens is 1.